The lowest BCUT2D eigenvalue weighted by Gasteiger charge is -1.99. The summed E-state index contributed by atoms with van der Waals surface area (Å²) in [4.78, 5) is 0. The van der Waals surface area contributed by atoms with Crippen molar-refractivity contribution in [2.24, 2.45) is 0 Å². The van der Waals surface area contributed by atoms with Crippen molar-refractivity contribution in [2.45, 2.75) is 12.8 Å². The van der Waals surface area contributed by atoms with E-state index >= 15 is 0 Å². The lowest BCUT2D eigenvalue weighted by molar-refractivity contribution is 0.794. The van der Waals surface area contributed by atoms with Crippen molar-refractivity contribution in [3.05, 3.63) is 77.1 Å². The molecule has 3 nitrogen and oxygen atoms in total. The standard InChI is InChI=1S/C16H14ClN3/c17-14-9-6-13(7-10-14)8-11-15-12-20(19-18-15)16-4-2-1-3-5-16/h1-7,9-10,12H,8,11H2. The summed E-state index contributed by atoms with van der Waals surface area (Å²) in [5.41, 5.74) is 3.27. The van der Waals surface area contributed by atoms with E-state index in [9.17, 15) is 0 Å². The van der Waals surface area contributed by atoms with Crippen molar-refractivity contribution in [1.82, 2.24) is 15.0 Å². The van der Waals surface area contributed by atoms with Gasteiger partial charge in [0.15, 0.2) is 0 Å². The van der Waals surface area contributed by atoms with Gasteiger partial charge in [-0.1, -0.05) is 47.1 Å². The molecule has 2 aromatic carbocycles. The van der Waals surface area contributed by atoms with Crippen LogP contribution in [0.2, 0.25) is 5.02 Å². The molecule has 3 rings (SSSR count). The Labute approximate surface area is 122 Å². The van der Waals surface area contributed by atoms with E-state index in [1.807, 2.05) is 60.8 Å². The zero-order valence-electron chi connectivity index (χ0n) is 10.9. The number of benzene rings is 2. The van der Waals surface area contributed by atoms with Crippen LogP contribution in [0.15, 0.2) is 60.8 Å². The fourth-order valence-electron chi connectivity index (χ4n) is 2.04. The summed E-state index contributed by atoms with van der Waals surface area (Å²) in [6, 6.07) is 17.9. The monoisotopic (exact) mass is 283 g/mol. The molecule has 0 spiro atoms. The molecule has 1 aromatic heterocycles. The predicted molar refractivity (Wildman–Crippen MR) is 80.2 cm³/mol. The van der Waals surface area contributed by atoms with Gasteiger partial charge in [-0.25, -0.2) is 4.68 Å². The number of para-hydroxylation sites is 1. The van der Waals surface area contributed by atoms with Gasteiger partial charge in [-0.15, -0.1) is 5.10 Å². The molecule has 0 saturated heterocycles. The average molecular weight is 284 g/mol. The molecule has 0 fully saturated rings. The lowest BCUT2D eigenvalue weighted by Crippen LogP contribution is -1.93. The third kappa shape index (κ3) is 3.06. The zero-order valence-corrected chi connectivity index (χ0v) is 11.7. The Kier molecular flexibility index (Phi) is 3.79. The number of aromatic nitrogens is 3. The number of aryl methyl sites for hydroxylation is 2. The highest BCUT2D eigenvalue weighted by Crippen LogP contribution is 2.12. The first kappa shape index (κ1) is 12.9. The number of hydrogen-bond donors (Lipinski definition) is 0. The predicted octanol–water partition coefficient (Wildman–Crippen LogP) is 3.71. The van der Waals surface area contributed by atoms with Gasteiger partial charge < -0.3 is 0 Å². The van der Waals surface area contributed by atoms with Crippen LogP contribution in [-0.4, -0.2) is 15.0 Å². The maximum absolute atomic E-state index is 5.87. The summed E-state index contributed by atoms with van der Waals surface area (Å²) in [5.74, 6) is 0. The van der Waals surface area contributed by atoms with E-state index < -0.39 is 0 Å². The molecule has 0 amide bonds. The van der Waals surface area contributed by atoms with E-state index in [0.717, 1.165) is 29.2 Å². The minimum atomic E-state index is 0.767. The number of hydrogen-bond acceptors (Lipinski definition) is 2. The largest absolute Gasteiger partial charge is 0.220 e. The van der Waals surface area contributed by atoms with Gasteiger partial charge in [0.05, 0.1) is 17.6 Å². The van der Waals surface area contributed by atoms with E-state index in [-0.39, 0.29) is 0 Å². The van der Waals surface area contributed by atoms with Crippen molar-refractivity contribution in [3.8, 4) is 5.69 Å². The quantitative estimate of drug-likeness (QED) is 0.731. The number of rotatable bonds is 4. The van der Waals surface area contributed by atoms with Crippen LogP contribution >= 0.6 is 11.6 Å². The Morgan fingerprint density at radius 3 is 2.40 bits per heavy atom. The van der Waals surface area contributed by atoms with E-state index in [1.54, 1.807) is 4.68 Å². The summed E-state index contributed by atoms with van der Waals surface area (Å²) < 4.78 is 1.80. The van der Waals surface area contributed by atoms with Gasteiger partial charge in [0.25, 0.3) is 0 Å². The summed E-state index contributed by atoms with van der Waals surface area (Å²) in [6.45, 7) is 0. The Hall–Kier alpha value is -2.13. The summed E-state index contributed by atoms with van der Waals surface area (Å²) >= 11 is 5.87. The molecule has 0 bridgehead atoms. The Balaban J connectivity index is 1.67. The highest BCUT2D eigenvalue weighted by Gasteiger charge is 2.03. The fourth-order valence-corrected chi connectivity index (χ4v) is 2.17. The van der Waals surface area contributed by atoms with Crippen LogP contribution in [0.25, 0.3) is 5.69 Å². The van der Waals surface area contributed by atoms with E-state index in [0.29, 0.717) is 0 Å². The van der Waals surface area contributed by atoms with Crippen molar-refractivity contribution < 1.29 is 0 Å². The van der Waals surface area contributed by atoms with E-state index in [4.69, 9.17) is 11.6 Å². The molecule has 0 atom stereocenters. The first-order chi connectivity index (χ1) is 9.81. The summed E-state index contributed by atoms with van der Waals surface area (Å²) in [6.07, 6.45) is 3.78. The molecule has 0 radical (unpaired) electrons. The second-order valence-electron chi connectivity index (χ2n) is 4.62. The first-order valence-electron chi connectivity index (χ1n) is 6.52. The van der Waals surface area contributed by atoms with Gasteiger partial charge in [-0.2, -0.15) is 0 Å². The molecule has 100 valence electrons. The topological polar surface area (TPSA) is 30.7 Å². The average Bonchev–Trinajstić information content (AvgIpc) is 2.97. The van der Waals surface area contributed by atoms with Gasteiger partial charge >= 0.3 is 0 Å². The van der Waals surface area contributed by atoms with Crippen LogP contribution in [0.3, 0.4) is 0 Å². The molecule has 0 aliphatic heterocycles. The normalized spacial score (nSPS) is 10.7. The molecule has 20 heavy (non-hydrogen) atoms. The molecular formula is C16H14ClN3. The van der Waals surface area contributed by atoms with Crippen LogP contribution in [0.1, 0.15) is 11.3 Å². The molecule has 0 N–H and O–H groups in total. The number of halogens is 1. The van der Waals surface area contributed by atoms with Gasteiger partial charge in [0.1, 0.15) is 0 Å². The second kappa shape index (κ2) is 5.88. The van der Waals surface area contributed by atoms with Crippen molar-refractivity contribution in [1.29, 1.82) is 0 Å². The first-order valence-corrected chi connectivity index (χ1v) is 6.90. The number of nitrogens with zero attached hydrogens (tertiary/aromatic N) is 3. The maximum Gasteiger partial charge on any atom is 0.0835 e. The Morgan fingerprint density at radius 1 is 0.900 bits per heavy atom. The molecule has 1 heterocycles. The molecule has 0 aliphatic rings. The van der Waals surface area contributed by atoms with Crippen LogP contribution < -0.4 is 0 Å². The zero-order chi connectivity index (χ0) is 13.8. The SMILES string of the molecule is Clc1ccc(CCc2cn(-c3ccccc3)nn2)cc1. The van der Waals surface area contributed by atoms with Crippen molar-refractivity contribution >= 4 is 11.6 Å². The van der Waals surface area contributed by atoms with Crippen LogP contribution in [0.5, 0.6) is 0 Å². The molecule has 4 heteroatoms. The molecule has 0 saturated carbocycles. The Bertz CT molecular complexity index is 674. The van der Waals surface area contributed by atoms with Crippen molar-refractivity contribution in [2.75, 3.05) is 0 Å². The summed E-state index contributed by atoms with van der Waals surface area (Å²) in [7, 11) is 0. The molecule has 3 aromatic rings. The summed E-state index contributed by atoms with van der Waals surface area (Å²) in [5, 5.41) is 9.14. The van der Waals surface area contributed by atoms with Gasteiger partial charge in [-0.05, 0) is 42.7 Å². The maximum atomic E-state index is 5.87. The third-order valence-electron chi connectivity index (χ3n) is 3.14. The Morgan fingerprint density at radius 2 is 1.65 bits per heavy atom. The third-order valence-corrected chi connectivity index (χ3v) is 3.40. The van der Waals surface area contributed by atoms with Gasteiger partial charge in [0.2, 0.25) is 0 Å². The van der Waals surface area contributed by atoms with Crippen molar-refractivity contribution in [3.63, 3.8) is 0 Å². The van der Waals surface area contributed by atoms with E-state index in [1.165, 1.54) is 5.56 Å². The minimum absolute atomic E-state index is 0.767. The molecular weight excluding hydrogens is 270 g/mol. The highest BCUT2D eigenvalue weighted by atomic mass is 35.5. The van der Waals surface area contributed by atoms with Gasteiger partial charge in [-0.3, -0.25) is 0 Å². The lowest BCUT2D eigenvalue weighted by atomic mass is 10.1. The molecule has 0 unspecified atom stereocenters. The fraction of sp³-hybridized carbons (Fsp3) is 0.125. The second-order valence-corrected chi connectivity index (χ2v) is 5.05. The smallest absolute Gasteiger partial charge is 0.0835 e. The van der Waals surface area contributed by atoms with Crippen LogP contribution in [-0.2, 0) is 12.8 Å². The highest BCUT2D eigenvalue weighted by molar-refractivity contribution is 6.30. The van der Waals surface area contributed by atoms with Crippen LogP contribution in [0, 0.1) is 0 Å². The van der Waals surface area contributed by atoms with E-state index in [2.05, 4.69) is 10.3 Å². The van der Waals surface area contributed by atoms with Crippen LogP contribution in [0.4, 0.5) is 0 Å². The minimum Gasteiger partial charge on any atom is -0.220 e. The molecule has 0 aliphatic carbocycles. The van der Waals surface area contributed by atoms with Gasteiger partial charge in [0, 0.05) is 5.02 Å².